The molecule has 0 atom stereocenters. The largest absolute Gasteiger partial charge is 0.493 e. The maximum absolute atomic E-state index is 5.92. The van der Waals surface area contributed by atoms with E-state index in [9.17, 15) is 0 Å². The van der Waals surface area contributed by atoms with Crippen molar-refractivity contribution in [1.29, 1.82) is 0 Å². The van der Waals surface area contributed by atoms with Gasteiger partial charge in [-0.25, -0.2) is 0 Å². The molecule has 2 heteroatoms. The first-order chi connectivity index (χ1) is 7.83. The zero-order valence-corrected chi connectivity index (χ0v) is 9.57. The molecule has 0 amide bonds. The van der Waals surface area contributed by atoms with Gasteiger partial charge >= 0.3 is 0 Å². The van der Waals surface area contributed by atoms with E-state index < -0.39 is 0 Å². The summed E-state index contributed by atoms with van der Waals surface area (Å²) in [6, 6.07) is 11.9. The molecule has 0 bridgehead atoms. The second-order valence-electron chi connectivity index (χ2n) is 3.90. The lowest BCUT2D eigenvalue weighted by Crippen LogP contribution is -1.98. The summed E-state index contributed by atoms with van der Waals surface area (Å²) in [5.41, 5.74) is 6.73. The van der Waals surface area contributed by atoms with Crippen molar-refractivity contribution in [2.45, 2.75) is 19.8 Å². The van der Waals surface area contributed by atoms with Gasteiger partial charge in [0.25, 0.3) is 0 Å². The van der Waals surface area contributed by atoms with Crippen molar-refractivity contribution in [2.24, 2.45) is 0 Å². The van der Waals surface area contributed by atoms with Crippen LogP contribution in [0.3, 0.4) is 0 Å². The molecular weight excluding hydrogens is 198 g/mol. The highest BCUT2D eigenvalue weighted by atomic mass is 16.5. The van der Waals surface area contributed by atoms with Crippen LogP contribution >= 0.6 is 0 Å². The number of hydrogen-bond donors (Lipinski definition) is 1. The number of ether oxygens (including phenoxy) is 1. The Hall–Kier alpha value is -1.70. The van der Waals surface area contributed by atoms with Crippen LogP contribution in [0.4, 0.5) is 5.69 Å². The van der Waals surface area contributed by atoms with Crippen LogP contribution in [0.25, 0.3) is 10.8 Å². The molecule has 0 aliphatic rings. The minimum absolute atomic E-state index is 0.768. The van der Waals surface area contributed by atoms with Crippen LogP contribution in [-0.2, 0) is 0 Å². The van der Waals surface area contributed by atoms with Gasteiger partial charge in [0.05, 0.1) is 6.61 Å². The van der Waals surface area contributed by atoms with Crippen LogP contribution in [0.5, 0.6) is 5.75 Å². The average molecular weight is 215 g/mol. The summed E-state index contributed by atoms with van der Waals surface area (Å²) < 4.78 is 5.76. The normalized spacial score (nSPS) is 10.6. The molecular formula is C14H17NO. The third-order valence-electron chi connectivity index (χ3n) is 2.67. The van der Waals surface area contributed by atoms with Crippen LogP contribution < -0.4 is 10.5 Å². The van der Waals surface area contributed by atoms with Crippen LogP contribution in [0.15, 0.2) is 36.4 Å². The third-order valence-corrected chi connectivity index (χ3v) is 2.67. The van der Waals surface area contributed by atoms with Crippen molar-refractivity contribution in [3.63, 3.8) is 0 Å². The fraction of sp³-hybridized carbons (Fsp3) is 0.286. The van der Waals surface area contributed by atoms with Crippen molar-refractivity contribution in [1.82, 2.24) is 0 Å². The quantitative estimate of drug-likeness (QED) is 0.624. The van der Waals surface area contributed by atoms with Crippen LogP contribution in [0.1, 0.15) is 19.8 Å². The van der Waals surface area contributed by atoms with E-state index in [1.54, 1.807) is 0 Å². The Morgan fingerprint density at radius 2 is 1.81 bits per heavy atom. The molecule has 0 spiro atoms. The monoisotopic (exact) mass is 215 g/mol. The van der Waals surface area contributed by atoms with Gasteiger partial charge in [-0.3, -0.25) is 0 Å². The predicted molar refractivity (Wildman–Crippen MR) is 68.8 cm³/mol. The van der Waals surface area contributed by atoms with Gasteiger partial charge in [-0.2, -0.15) is 0 Å². The van der Waals surface area contributed by atoms with E-state index in [0.29, 0.717) is 0 Å². The van der Waals surface area contributed by atoms with E-state index >= 15 is 0 Å². The maximum Gasteiger partial charge on any atom is 0.127 e. The minimum atomic E-state index is 0.768. The Morgan fingerprint density at radius 1 is 1.06 bits per heavy atom. The van der Waals surface area contributed by atoms with E-state index in [2.05, 4.69) is 6.92 Å². The van der Waals surface area contributed by atoms with Crippen molar-refractivity contribution in [3.05, 3.63) is 36.4 Å². The van der Waals surface area contributed by atoms with Gasteiger partial charge in [0.2, 0.25) is 0 Å². The molecule has 0 saturated carbocycles. The molecule has 2 aromatic carbocycles. The maximum atomic E-state index is 5.92. The molecule has 2 rings (SSSR count). The van der Waals surface area contributed by atoms with Crippen LogP contribution in [0, 0.1) is 0 Å². The van der Waals surface area contributed by atoms with Crippen molar-refractivity contribution >= 4 is 16.5 Å². The van der Waals surface area contributed by atoms with E-state index in [-0.39, 0.29) is 0 Å². The Morgan fingerprint density at radius 3 is 2.56 bits per heavy atom. The van der Waals surface area contributed by atoms with Crippen molar-refractivity contribution in [3.8, 4) is 5.75 Å². The van der Waals surface area contributed by atoms with E-state index in [1.165, 1.54) is 0 Å². The molecule has 2 nitrogen and oxygen atoms in total. The standard InChI is InChI=1S/C14H17NO/c1-2-3-10-16-14-9-8-13(15)11-6-4-5-7-12(11)14/h4-9H,2-3,10,15H2,1H3. The number of benzene rings is 2. The third kappa shape index (κ3) is 2.11. The van der Waals surface area contributed by atoms with Crippen molar-refractivity contribution in [2.75, 3.05) is 12.3 Å². The SMILES string of the molecule is CCCCOc1ccc(N)c2ccccc12. The molecule has 0 radical (unpaired) electrons. The molecule has 2 aromatic rings. The number of nitrogen functional groups attached to an aromatic ring is 1. The molecule has 0 aromatic heterocycles. The zero-order valence-electron chi connectivity index (χ0n) is 9.57. The number of hydrogen-bond acceptors (Lipinski definition) is 2. The lowest BCUT2D eigenvalue weighted by atomic mass is 10.1. The Bertz CT molecular complexity index is 479. The molecule has 0 aliphatic heterocycles. The van der Waals surface area contributed by atoms with E-state index in [1.807, 2.05) is 36.4 Å². The Labute approximate surface area is 96.0 Å². The fourth-order valence-corrected chi connectivity index (χ4v) is 1.75. The van der Waals surface area contributed by atoms with Gasteiger partial charge in [0.15, 0.2) is 0 Å². The first-order valence-corrected chi connectivity index (χ1v) is 5.73. The first kappa shape index (κ1) is 10.8. The molecule has 0 fully saturated rings. The van der Waals surface area contributed by atoms with Gasteiger partial charge in [0.1, 0.15) is 5.75 Å². The van der Waals surface area contributed by atoms with Crippen LogP contribution in [0.2, 0.25) is 0 Å². The fourth-order valence-electron chi connectivity index (χ4n) is 1.75. The molecule has 0 saturated heterocycles. The molecule has 84 valence electrons. The summed E-state index contributed by atoms with van der Waals surface area (Å²) in [5, 5.41) is 2.16. The first-order valence-electron chi connectivity index (χ1n) is 5.73. The number of fused-ring (bicyclic) bond motifs is 1. The number of nitrogens with two attached hydrogens (primary N) is 1. The number of unbranched alkanes of at least 4 members (excludes halogenated alkanes) is 1. The molecule has 0 heterocycles. The molecule has 0 unspecified atom stereocenters. The van der Waals surface area contributed by atoms with E-state index in [0.717, 1.165) is 41.7 Å². The summed E-state index contributed by atoms with van der Waals surface area (Å²) in [6.45, 7) is 2.93. The summed E-state index contributed by atoms with van der Waals surface area (Å²) in [4.78, 5) is 0. The predicted octanol–water partition coefficient (Wildman–Crippen LogP) is 3.60. The lowest BCUT2D eigenvalue weighted by Gasteiger charge is -2.10. The topological polar surface area (TPSA) is 35.2 Å². The van der Waals surface area contributed by atoms with E-state index in [4.69, 9.17) is 10.5 Å². The molecule has 0 aliphatic carbocycles. The summed E-state index contributed by atoms with van der Waals surface area (Å²) in [5.74, 6) is 0.929. The molecule has 2 N–H and O–H groups in total. The van der Waals surface area contributed by atoms with Crippen LogP contribution in [-0.4, -0.2) is 6.61 Å². The highest BCUT2D eigenvalue weighted by Gasteiger charge is 2.03. The smallest absolute Gasteiger partial charge is 0.127 e. The Balaban J connectivity index is 2.35. The molecule has 16 heavy (non-hydrogen) atoms. The van der Waals surface area contributed by atoms with Gasteiger partial charge in [0, 0.05) is 16.5 Å². The van der Waals surface area contributed by atoms with Gasteiger partial charge < -0.3 is 10.5 Å². The Kier molecular flexibility index (Phi) is 3.30. The van der Waals surface area contributed by atoms with Gasteiger partial charge in [-0.1, -0.05) is 37.6 Å². The summed E-state index contributed by atoms with van der Waals surface area (Å²) in [6.07, 6.45) is 2.23. The van der Waals surface area contributed by atoms with Crippen molar-refractivity contribution < 1.29 is 4.74 Å². The average Bonchev–Trinajstić information content (AvgIpc) is 2.33. The highest BCUT2D eigenvalue weighted by Crippen LogP contribution is 2.29. The van der Waals surface area contributed by atoms with Gasteiger partial charge in [-0.15, -0.1) is 0 Å². The number of anilines is 1. The lowest BCUT2D eigenvalue weighted by molar-refractivity contribution is 0.313. The second kappa shape index (κ2) is 4.88. The number of rotatable bonds is 4. The second-order valence-corrected chi connectivity index (χ2v) is 3.90. The van der Waals surface area contributed by atoms with Gasteiger partial charge in [-0.05, 0) is 18.6 Å². The summed E-state index contributed by atoms with van der Waals surface area (Å²) >= 11 is 0. The minimum Gasteiger partial charge on any atom is -0.493 e. The summed E-state index contributed by atoms with van der Waals surface area (Å²) in [7, 11) is 0. The highest BCUT2D eigenvalue weighted by molar-refractivity contribution is 5.96. The zero-order chi connectivity index (χ0) is 11.4.